The predicted octanol–water partition coefficient (Wildman–Crippen LogP) is 3.47. The van der Waals surface area contributed by atoms with Gasteiger partial charge >= 0.3 is 0 Å². The lowest BCUT2D eigenvalue weighted by Crippen LogP contribution is -2.17. The van der Waals surface area contributed by atoms with Gasteiger partial charge in [-0.25, -0.2) is 0 Å². The van der Waals surface area contributed by atoms with Crippen molar-refractivity contribution in [1.82, 2.24) is 0 Å². The summed E-state index contributed by atoms with van der Waals surface area (Å²) < 4.78 is 5.18. The summed E-state index contributed by atoms with van der Waals surface area (Å²) in [5, 5.41) is 9.68. The zero-order valence-corrected chi connectivity index (χ0v) is 12.6. The molecule has 0 spiro atoms. The minimum Gasteiger partial charge on any atom is -0.390 e. The molecule has 1 unspecified atom stereocenters. The molecule has 18 heavy (non-hydrogen) atoms. The highest BCUT2D eigenvalue weighted by Crippen LogP contribution is 2.25. The van der Waals surface area contributed by atoms with Gasteiger partial charge in [-0.2, -0.15) is 0 Å². The van der Waals surface area contributed by atoms with Gasteiger partial charge in [0.05, 0.1) is 12.7 Å². The molecule has 1 aromatic carbocycles. The molecule has 0 aliphatic rings. The Balaban J connectivity index is 2.44. The Labute approximate surface area is 115 Å². The van der Waals surface area contributed by atoms with Crippen molar-refractivity contribution in [2.45, 2.75) is 44.1 Å². The van der Waals surface area contributed by atoms with E-state index in [2.05, 4.69) is 45.0 Å². The van der Waals surface area contributed by atoms with E-state index in [1.165, 1.54) is 10.5 Å². The maximum absolute atomic E-state index is 9.68. The van der Waals surface area contributed by atoms with E-state index in [0.29, 0.717) is 19.0 Å². The highest BCUT2D eigenvalue weighted by molar-refractivity contribution is 7.99. The van der Waals surface area contributed by atoms with Crippen LogP contribution in [0.25, 0.3) is 0 Å². The second-order valence-corrected chi connectivity index (χ2v) is 6.49. The minimum atomic E-state index is -0.391. The van der Waals surface area contributed by atoms with Crippen LogP contribution in [-0.4, -0.2) is 30.2 Å². The number of hydrogen-bond acceptors (Lipinski definition) is 3. The summed E-state index contributed by atoms with van der Waals surface area (Å²) in [5.74, 6) is 0.675. The fourth-order valence-electron chi connectivity index (χ4n) is 1.55. The summed E-state index contributed by atoms with van der Waals surface area (Å²) in [4.78, 5) is 1.19. The molecule has 0 amide bonds. The summed E-state index contributed by atoms with van der Waals surface area (Å²) in [6.45, 7) is 9.64. The second kappa shape index (κ2) is 7.17. The van der Waals surface area contributed by atoms with E-state index in [1.807, 2.05) is 6.92 Å². The first-order valence-electron chi connectivity index (χ1n) is 6.42. The van der Waals surface area contributed by atoms with Crippen LogP contribution in [0, 0.1) is 0 Å². The molecule has 102 valence electrons. The summed E-state index contributed by atoms with van der Waals surface area (Å²) in [7, 11) is 0. The summed E-state index contributed by atoms with van der Waals surface area (Å²) in [5.41, 5.74) is 1.53. The standard InChI is InChI=1S/C15H24O2S/c1-5-17-10-13(16)11-18-14-8-6-12(7-9-14)15(2,3)4/h6-9,13,16H,5,10-11H2,1-4H3. The summed E-state index contributed by atoms with van der Waals surface area (Å²) in [6, 6.07) is 8.58. The highest BCUT2D eigenvalue weighted by atomic mass is 32.2. The average Bonchev–Trinajstić information content (AvgIpc) is 2.33. The number of thioether (sulfide) groups is 1. The van der Waals surface area contributed by atoms with Gasteiger partial charge in [0.15, 0.2) is 0 Å². The van der Waals surface area contributed by atoms with Crippen molar-refractivity contribution in [3.63, 3.8) is 0 Å². The fraction of sp³-hybridized carbons (Fsp3) is 0.600. The van der Waals surface area contributed by atoms with Crippen molar-refractivity contribution in [3.8, 4) is 0 Å². The lowest BCUT2D eigenvalue weighted by Gasteiger charge is -2.19. The van der Waals surface area contributed by atoms with Crippen molar-refractivity contribution in [2.75, 3.05) is 19.0 Å². The Hall–Kier alpha value is -0.510. The molecule has 1 aromatic rings. The number of hydrogen-bond donors (Lipinski definition) is 1. The van der Waals surface area contributed by atoms with E-state index >= 15 is 0 Å². The molecule has 0 aromatic heterocycles. The topological polar surface area (TPSA) is 29.5 Å². The zero-order chi connectivity index (χ0) is 13.6. The molecule has 0 saturated carbocycles. The molecule has 0 aliphatic heterocycles. The van der Waals surface area contributed by atoms with Crippen molar-refractivity contribution in [2.24, 2.45) is 0 Å². The van der Waals surface area contributed by atoms with Gasteiger partial charge in [-0.05, 0) is 30.0 Å². The van der Waals surface area contributed by atoms with Crippen LogP contribution in [0.15, 0.2) is 29.2 Å². The molecule has 0 aliphatic carbocycles. The van der Waals surface area contributed by atoms with Gasteiger partial charge in [0, 0.05) is 17.3 Å². The van der Waals surface area contributed by atoms with Gasteiger partial charge in [0.25, 0.3) is 0 Å². The first-order chi connectivity index (χ1) is 8.43. The van der Waals surface area contributed by atoms with E-state index in [4.69, 9.17) is 4.74 Å². The summed E-state index contributed by atoms with van der Waals surface area (Å²) in [6.07, 6.45) is -0.391. The molecule has 2 nitrogen and oxygen atoms in total. The molecule has 1 rings (SSSR count). The quantitative estimate of drug-likeness (QED) is 0.801. The van der Waals surface area contributed by atoms with Crippen LogP contribution in [0.3, 0.4) is 0 Å². The normalized spacial score (nSPS) is 13.6. The van der Waals surface area contributed by atoms with E-state index in [9.17, 15) is 5.11 Å². The van der Waals surface area contributed by atoms with E-state index in [1.54, 1.807) is 11.8 Å². The summed E-state index contributed by atoms with van der Waals surface area (Å²) >= 11 is 1.67. The van der Waals surface area contributed by atoms with Crippen molar-refractivity contribution >= 4 is 11.8 Å². The number of aliphatic hydroxyl groups excluding tert-OH is 1. The maximum atomic E-state index is 9.68. The van der Waals surface area contributed by atoms with Crippen LogP contribution in [0.1, 0.15) is 33.3 Å². The van der Waals surface area contributed by atoms with Crippen LogP contribution < -0.4 is 0 Å². The molecular formula is C15H24O2S. The van der Waals surface area contributed by atoms with Crippen LogP contribution >= 0.6 is 11.8 Å². The van der Waals surface area contributed by atoms with E-state index < -0.39 is 6.10 Å². The number of rotatable bonds is 6. The molecule has 0 saturated heterocycles. The SMILES string of the molecule is CCOCC(O)CSc1ccc(C(C)(C)C)cc1. The number of ether oxygens (including phenoxy) is 1. The Kier molecular flexibility index (Phi) is 6.19. The third kappa shape index (κ3) is 5.42. The van der Waals surface area contributed by atoms with E-state index in [-0.39, 0.29) is 5.41 Å². The Morgan fingerprint density at radius 2 is 1.83 bits per heavy atom. The highest BCUT2D eigenvalue weighted by Gasteiger charge is 2.13. The first-order valence-corrected chi connectivity index (χ1v) is 7.41. The zero-order valence-electron chi connectivity index (χ0n) is 11.8. The maximum Gasteiger partial charge on any atom is 0.0867 e. The Morgan fingerprint density at radius 3 is 2.33 bits per heavy atom. The second-order valence-electron chi connectivity index (χ2n) is 5.40. The average molecular weight is 268 g/mol. The molecule has 1 N–H and O–H groups in total. The molecule has 0 bridgehead atoms. The van der Waals surface area contributed by atoms with Crippen LogP contribution in [0.4, 0.5) is 0 Å². The Morgan fingerprint density at radius 1 is 1.22 bits per heavy atom. The van der Waals surface area contributed by atoms with Gasteiger partial charge in [-0.15, -0.1) is 11.8 Å². The molecular weight excluding hydrogens is 244 g/mol. The van der Waals surface area contributed by atoms with Crippen LogP contribution in [-0.2, 0) is 10.2 Å². The first kappa shape index (κ1) is 15.5. The molecule has 1 atom stereocenters. The number of aliphatic hydroxyl groups is 1. The predicted molar refractivity (Wildman–Crippen MR) is 78.4 cm³/mol. The van der Waals surface area contributed by atoms with Crippen molar-refractivity contribution < 1.29 is 9.84 Å². The Bertz CT molecular complexity index is 341. The van der Waals surface area contributed by atoms with Crippen molar-refractivity contribution in [1.29, 1.82) is 0 Å². The van der Waals surface area contributed by atoms with Gasteiger partial charge in [0.1, 0.15) is 0 Å². The van der Waals surface area contributed by atoms with Gasteiger partial charge in [-0.1, -0.05) is 32.9 Å². The lowest BCUT2D eigenvalue weighted by atomic mass is 9.87. The van der Waals surface area contributed by atoms with E-state index in [0.717, 1.165) is 0 Å². The minimum absolute atomic E-state index is 0.192. The van der Waals surface area contributed by atoms with Gasteiger partial charge in [-0.3, -0.25) is 0 Å². The molecule has 0 radical (unpaired) electrons. The van der Waals surface area contributed by atoms with Gasteiger partial charge in [0.2, 0.25) is 0 Å². The molecule has 3 heteroatoms. The molecule has 0 heterocycles. The third-order valence-corrected chi connectivity index (χ3v) is 3.83. The lowest BCUT2D eigenvalue weighted by molar-refractivity contribution is 0.0551. The molecule has 0 fully saturated rings. The van der Waals surface area contributed by atoms with Gasteiger partial charge < -0.3 is 9.84 Å². The third-order valence-electron chi connectivity index (χ3n) is 2.68. The van der Waals surface area contributed by atoms with Crippen LogP contribution in [0.2, 0.25) is 0 Å². The number of benzene rings is 1. The van der Waals surface area contributed by atoms with Crippen LogP contribution in [0.5, 0.6) is 0 Å². The fourth-order valence-corrected chi connectivity index (χ4v) is 2.36. The smallest absolute Gasteiger partial charge is 0.0867 e. The monoisotopic (exact) mass is 268 g/mol. The largest absolute Gasteiger partial charge is 0.390 e. The van der Waals surface area contributed by atoms with Crippen molar-refractivity contribution in [3.05, 3.63) is 29.8 Å².